The zero-order chi connectivity index (χ0) is 21.4. The Morgan fingerprint density at radius 3 is 2.71 bits per heavy atom. The van der Waals surface area contributed by atoms with Crippen molar-refractivity contribution in [2.75, 3.05) is 12.4 Å². The second kappa shape index (κ2) is 8.42. The lowest BCUT2D eigenvalue weighted by atomic mass is 10.0. The van der Waals surface area contributed by atoms with Gasteiger partial charge in [-0.1, -0.05) is 47.5 Å². The molecule has 0 fully saturated rings. The van der Waals surface area contributed by atoms with Gasteiger partial charge >= 0.3 is 0 Å². The van der Waals surface area contributed by atoms with Crippen LogP contribution in [0.2, 0.25) is 10.0 Å². The van der Waals surface area contributed by atoms with E-state index in [1.165, 1.54) is 0 Å². The monoisotopic (exact) mass is 466 g/mol. The lowest BCUT2D eigenvalue weighted by molar-refractivity contribution is 0.369. The highest BCUT2D eigenvalue weighted by atomic mass is 35.5. The first kappa shape index (κ1) is 20.2. The molecule has 0 spiro atoms. The molecule has 1 aliphatic rings. The van der Waals surface area contributed by atoms with E-state index in [9.17, 15) is 4.79 Å². The molecule has 0 amide bonds. The molecule has 0 saturated heterocycles. The topological polar surface area (TPSA) is 44.1 Å². The normalized spacial score (nSPS) is 13.0. The van der Waals surface area contributed by atoms with Crippen LogP contribution in [-0.4, -0.2) is 21.9 Å². The Kier molecular flexibility index (Phi) is 5.48. The molecule has 0 saturated carbocycles. The van der Waals surface area contributed by atoms with E-state index in [1.54, 1.807) is 42.2 Å². The van der Waals surface area contributed by atoms with Crippen molar-refractivity contribution in [2.24, 2.45) is 0 Å². The highest BCUT2D eigenvalue weighted by Gasteiger charge is 2.24. The molecule has 31 heavy (non-hydrogen) atoms. The van der Waals surface area contributed by atoms with Crippen LogP contribution in [0.3, 0.4) is 0 Å². The minimum absolute atomic E-state index is 0.0467. The number of ether oxygens (including phenoxy) is 1. The van der Waals surface area contributed by atoms with Crippen molar-refractivity contribution in [1.29, 1.82) is 0 Å². The van der Waals surface area contributed by atoms with Crippen LogP contribution in [0.25, 0.3) is 22.3 Å². The summed E-state index contributed by atoms with van der Waals surface area (Å²) in [7, 11) is 0. The summed E-state index contributed by atoms with van der Waals surface area (Å²) >= 11 is 13.9. The van der Waals surface area contributed by atoms with E-state index >= 15 is 0 Å². The van der Waals surface area contributed by atoms with Crippen molar-refractivity contribution in [3.63, 3.8) is 0 Å². The van der Waals surface area contributed by atoms with Crippen LogP contribution in [-0.2, 0) is 0 Å². The number of nitrogens with zero attached hydrogens (tertiary/aromatic N) is 2. The van der Waals surface area contributed by atoms with E-state index in [0.29, 0.717) is 32.4 Å². The molecule has 4 aromatic rings. The van der Waals surface area contributed by atoms with Crippen LogP contribution in [0, 0.1) is 0 Å². The summed E-state index contributed by atoms with van der Waals surface area (Å²) < 4.78 is 8.02. The maximum Gasteiger partial charge on any atom is 0.199 e. The van der Waals surface area contributed by atoms with Gasteiger partial charge in [0.05, 0.1) is 21.0 Å². The molecule has 2 aromatic heterocycles. The molecule has 3 heterocycles. The predicted octanol–water partition coefficient (Wildman–Crippen LogP) is 6.26. The van der Waals surface area contributed by atoms with Gasteiger partial charge in [0.2, 0.25) is 0 Å². The molecule has 0 bridgehead atoms. The molecule has 0 radical (unpaired) electrons. The smallest absolute Gasteiger partial charge is 0.199 e. The third kappa shape index (κ3) is 3.74. The van der Waals surface area contributed by atoms with Gasteiger partial charge in [-0.05, 0) is 48.0 Å². The zero-order valence-corrected chi connectivity index (χ0v) is 18.5. The molecular weight excluding hydrogens is 451 g/mol. The molecule has 5 rings (SSSR count). The Bertz CT molecular complexity index is 1380. The standard InChI is InChI=1S/C24H16Cl2N2O2S/c25-16-8-9-20(19(26)13-16)30-14-15-10-12-31-24-21(15)22(29)18-7-4-11-27-23(18)28(24)17-5-2-1-3-6-17/h1-11,13H,12,14H2. The highest BCUT2D eigenvalue weighted by molar-refractivity contribution is 7.99. The van der Waals surface area contributed by atoms with Crippen LogP contribution < -0.4 is 10.2 Å². The minimum atomic E-state index is -0.0467. The average Bonchev–Trinajstić information content (AvgIpc) is 2.79. The van der Waals surface area contributed by atoms with Gasteiger partial charge in [0, 0.05) is 22.7 Å². The molecule has 2 aromatic carbocycles. The second-order valence-electron chi connectivity index (χ2n) is 6.96. The van der Waals surface area contributed by atoms with E-state index in [-0.39, 0.29) is 12.0 Å². The third-order valence-corrected chi connectivity index (χ3v) is 6.57. The van der Waals surface area contributed by atoms with Crippen LogP contribution in [0.5, 0.6) is 5.75 Å². The fraction of sp³-hybridized carbons (Fsp3) is 0.0833. The summed E-state index contributed by atoms with van der Waals surface area (Å²) in [5.41, 5.74) is 3.03. The van der Waals surface area contributed by atoms with Crippen LogP contribution in [0.15, 0.2) is 82.8 Å². The Hall–Kier alpha value is -2.73. The average molecular weight is 467 g/mol. The minimum Gasteiger partial charge on any atom is -0.487 e. The summed E-state index contributed by atoms with van der Waals surface area (Å²) in [5.74, 6) is 1.25. The fourth-order valence-corrected chi connectivity index (χ4v) is 5.23. The largest absolute Gasteiger partial charge is 0.487 e. The summed E-state index contributed by atoms with van der Waals surface area (Å²) in [6, 6.07) is 18.7. The van der Waals surface area contributed by atoms with Crippen molar-refractivity contribution in [2.45, 2.75) is 5.03 Å². The van der Waals surface area contributed by atoms with Gasteiger partial charge < -0.3 is 4.74 Å². The molecule has 154 valence electrons. The SMILES string of the molecule is O=c1c2c(n(-c3ccccc3)c3ncccc13)SCC=C2COc1ccc(Cl)cc1Cl. The Balaban J connectivity index is 1.65. The Morgan fingerprint density at radius 1 is 1.06 bits per heavy atom. The molecule has 1 aliphatic heterocycles. The second-order valence-corrected chi connectivity index (χ2v) is 8.81. The number of benzene rings is 2. The van der Waals surface area contributed by atoms with Gasteiger partial charge in [-0.25, -0.2) is 4.98 Å². The number of para-hydroxylation sites is 1. The van der Waals surface area contributed by atoms with Gasteiger partial charge in [-0.15, -0.1) is 11.8 Å². The predicted molar refractivity (Wildman–Crippen MR) is 128 cm³/mol. The quantitative estimate of drug-likeness (QED) is 0.355. The summed E-state index contributed by atoms with van der Waals surface area (Å²) in [4.78, 5) is 18.0. The van der Waals surface area contributed by atoms with Crippen molar-refractivity contribution < 1.29 is 4.74 Å². The number of thioether (sulfide) groups is 1. The fourth-order valence-electron chi connectivity index (χ4n) is 3.63. The Labute approximate surface area is 193 Å². The van der Waals surface area contributed by atoms with Crippen LogP contribution >= 0.6 is 35.0 Å². The van der Waals surface area contributed by atoms with E-state index in [2.05, 4.69) is 9.55 Å². The molecule has 0 atom stereocenters. The Morgan fingerprint density at radius 2 is 1.90 bits per heavy atom. The van der Waals surface area contributed by atoms with E-state index in [4.69, 9.17) is 27.9 Å². The number of rotatable bonds is 4. The first-order chi connectivity index (χ1) is 15.1. The number of hydrogen-bond acceptors (Lipinski definition) is 4. The van der Waals surface area contributed by atoms with E-state index < -0.39 is 0 Å². The summed E-state index contributed by atoms with van der Waals surface area (Å²) in [5, 5.41) is 2.41. The third-order valence-electron chi connectivity index (χ3n) is 5.05. The van der Waals surface area contributed by atoms with Crippen molar-refractivity contribution in [3.8, 4) is 11.4 Å². The van der Waals surface area contributed by atoms with Crippen LogP contribution in [0.4, 0.5) is 0 Å². The maximum atomic E-state index is 13.5. The number of fused-ring (bicyclic) bond motifs is 2. The lowest BCUT2D eigenvalue weighted by Crippen LogP contribution is -2.21. The molecule has 7 heteroatoms. The number of halogens is 2. The van der Waals surface area contributed by atoms with Crippen molar-refractivity contribution in [1.82, 2.24) is 9.55 Å². The lowest BCUT2D eigenvalue weighted by Gasteiger charge is -2.23. The molecule has 0 N–H and O–H groups in total. The maximum absolute atomic E-state index is 13.5. The molecule has 4 nitrogen and oxygen atoms in total. The summed E-state index contributed by atoms with van der Waals surface area (Å²) in [6.07, 6.45) is 3.75. The highest BCUT2D eigenvalue weighted by Crippen LogP contribution is 2.36. The number of hydrogen-bond donors (Lipinski definition) is 0. The summed E-state index contributed by atoms with van der Waals surface area (Å²) in [6.45, 7) is 0.227. The van der Waals surface area contributed by atoms with Gasteiger partial charge in [0.15, 0.2) is 5.43 Å². The number of pyridine rings is 2. The van der Waals surface area contributed by atoms with Crippen LogP contribution in [0.1, 0.15) is 5.56 Å². The molecular formula is C24H16Cl2N2O2S. The first-order valence-corrected chi connectivity index (χ1v) is 11.4. The number of aromatic nitrogens is 2. The van der Waals surface area contributed by atoms with Gasteiger partial charge in [0.1, 0.15) is 18.0 Å². The first-order valence-electron chi connectivity index (χ1n) is 9.62. The zero-order valence-electron chi connectivity index (χ0n) is 16.2. The molecule has 0 aliphatic carbocycles. The van der Waals surface area contributed by atoms with Crippen molar-refractivity contribution >= 4 is 51.6 Å². The molecule has 0 unspecified atom stereocenters. The van der Waals surface area contributed by atoms with Crippen molar-refractivity contribution in [3.05, 3.63) is 98.8 Å². The van der Waals surface area contributed by atoms with Gasteiger partial charge in [-0.2, -0.15) is 0 Å². The van der Waals surface area contributed by atoms with Gasteiger partial charge in [-0.3, -0.25) is 9.36 Å². The van der Waals surface area contributed by atoms with Gasteiger partial charge in [0.25, 0.3) is 0 Å². The van der Waals surface area contributed by atoms with E-state index in [0.717, 1.165) is 22.0 Å². The van der Waals surface area contributed by atoms with E-state index in [1.807, 2.05) is 42.5 Å².